The van der Waals surface area contributed by atoms with Gasteiger partial charge in [0.25, 0.3) is 11.7 Å². The molecule has 7 rings (SSSR count). The van der Waals surface area contributed by atoms with Gasteiger partial charge in [-0.2, -0.15) is 4.99 Å². The van der Waals surface area contributed by atoms with Crippen LogP contribution in [0.1, 0.15) is 61.7 Å². The smallest absolute Gasteiger partial charge is 0.284 e. The zero-order chi connectivity index (χ0) is 36.1. The molecule has 1 aliphatic carbocycles. The minimum absolute atomic E-state index is 0.0477. The van der Waals surface area contributed by atoms with Gasteiger partial charge in [0.1, 0.15) is 30.1 Å². The van der Waals surface area contributed by atoms with E-state index in [2.05, 4.69) is 15.3 Å². The Kier molecular flexibility index (Phi) is 9.07. The topological polar surface area (TPSA) is 256 Å². The Morgan fingerprint density at radius 1 is 0.941 bits per heavy atom. The standard InChI is InChI=1S/C35H33N5O11/c36-35-38-32-24(33(49)39-35)37-14-40(32)21-10-4-3-6-16(21)15(9-5-11-41)19-12-20-23(26(44)18-8-2-1-7-17(18)25(20)43)28(46)31(19)51-34-30(48)29(47)27(45)22(13-42)50-34/h1-4,6-8,10,12,15,22,27,29-30,34,41-42,45-48H,5,9,11,13-14H2,(H2,36,39,49)/p+1. The molecule has 3 heterocycles. The van der Waals surface area contributed by atoms with E-state index in [0.717, 1.165) is 0 Å². The minimum Gasteiger partial charge on any atom is -0.504 e. The number of hydrogen-bond donors (Lipinski definition) is 9. The number of aliphatic hydroxyl groups is 5. The third-order valence-electron chi connectivity index (χ3n) is 9.52. The number of carbonyl (C=O) groups is 3. The molecule has 7 atom stereocenters. The van der Waals surface area contributed by atoms with Gasteiger partial charge in [0.05, 0.1) is 12.2 Å². The predicted molar refractivity (Wildman–Crippen MR) is 177 cm³/mol. The number of amidine groups is 1. The maximum Gasteiger partial charge on any atom is 0.284 e. The number of amides is 1. The van der Waals surface area contributed by atoms with Gasteiger partial charge in [0.2, 0.25) is 18.0 Å². The second kappa shape index (κ2) is 13.5. The number of para-hydroxylation sites is 1. The van der Waals surface area contributed by atoms with Crippen molar-refractivity contribution in [3.05, 3.63) is 88.0 Å². The first-order chi connectivity index (χ1) is 24.5. The molecule has 0 radical (unpaired) electrons. The fraction of sp³-hybridized carbons (Fsp3) is 0.314. The first kappa shape index (κ1) is 34.3. The normalized spacial score (nSPS) is 26.1. The zero-order valence-corrected chi connectivity index (χ0v) is 26.8. The molecule has 51 heavy (non-hydrogen) atoms. The van der Waals surface area contributed by atoms with Crippen LogP contribution < -0.4 is 15.0 Å². The van der Waals surface area contributed by atoms with Crippen LogP contribution in [0.15, 0.2) is 64.6 Å². The minimum atomic E-state index is -1.89. The summed E-state index contributed by atoms with van der Waals surface area (Å²) in [6, 6.07) is 14.5. The van der Waals surface area contributed by atoms with Gasteiger partial charge in [-0.15, -0.1) is 0 Å². The molecule has 0 aromatic heterocycles. The third kappa shape index (κ3) is 5.72. The van der Waals surface area contributed by atoms with Crippen molar-refractivity contribution < 1.29 is 59.4 Å². The monoisotopic (exact) mass is 700 g/mol. The van der Waals surface area contributed by atoms with E-state index in [0.29, 0.717) is 16.2 Å². The largest absolute Gasteiger partial charge is 0.504 e. The fourth-order valence-electron chi connectivity index (χ4n) is 7.02. The number of ether oxygens (including phenoxy) is 2. The van der Waals surface area contributed by atoms with Crippen molar-refractivity contribution in [2.75, 3.05) is 19.9 Å². The molecule has 16 nitrogen and oxygen atoms in total. The molecule has 264 valence electrons. The van der Waals surface area contributed by atoms with Crippen LogP contribution in [0.5, 0.6) is 11.5 Å². The predicted octanol–water partition coefficient (Wildman–Crippen LogP) is -1.36. The molecule has 1 amide bonds. The van der Waals surface area contributed by atoms with Gasteiger partial charge in [-0.3, -0.25) is 25.1 Å². The Hall–Kier alpha value is -5.20. The molecule has 3 aromatic rings. The Bertz CT molecular complexity index is 2030. The average Bonchev–Trinajstić information content (AvgIpc) is 3.56. The number of ketones is 2. The summed E-state index contributed by atoms with van der Waals surface area (Å²) in [6.45, 7) is -0.963. The molecule has 1 fully saturated rings. The summed E-state index contributed by atoms with van der Waals surface area (Å²) in [5, 5.41) is 73.9. The molecule has 4 aliphatic rings. The van der Waals surface area contributed by atoms with E-state index in [1.165, 1.54) is 18.2 Å². The van der Waals surface area contributed by atoms with Gasteiger partial charge in [-0.25, -0.2) is 9.89 Å². The van der Waals surface area contributed by atoms with Crippen molar-refractivity contribution in [1.29, 1.82) is 5.41 Å². The number of hydrogen-bond acceptors (Lipinski definition) is 13. The number of guanidine groups is 1. The highest BCUT2D eigenvalue weighted by Crippen LogP contribution is 2.48. The van der Waals surface area contributed by atoms with Crippen LogP contribution in [-0.2, 0) is 9.53 Å². The SMILES string of the molecule is N=C1N=C2C(=NC[NH+]2c2ccccc2C(CCCO)c2cc3c(c(O)c2OC2OC(CO)C(O)C(O)C2O)C(=O)c2ccccc2C3=O)C(=O)N1. The number of carbonyl (C=O) groups excluding carboxylic acids is 3. The van der Waals surface area contributed by atoms with Crippen LogP contribution in [0.3, 0.4) is 0 Å². The van der Waals surface area contributed by atoms with Crippen LogP contribution in [0, 0.1) is 5.41 Å². The van der Waals surface area contributed by atoms with E-state index in [4.69, 9.17) is 14.9 Å². The van der Waals surface area contributed by atoms with Crippen molar-refractivity contribution in [3.63, 3.8) is 0 Å². The number of aliphatic hydroxyl groups excluding tert-OH is 5. The van der Waals surface area contributed by atoms with Crippen LogP contribution in [-0.4, -0.2) is 116 Å². The van der Waals surface area contributed by atoms with Gasteiger partial charge >= 0.3 is 0 Å². The first-order valence-electron chi connectivity index (χ1n) is 16.2. The summed E-state index contributed by atoms with van der Waals surface area (Å²) in [7, 11) is 0. The second-order valence-electron chi connectivity index (χ2n) is 12.5. The summed E-state index contributed by atoms with van der Waals surface area (Å²) >= 11 is 0. The van der Waals surface area contributed by atoms with Gasteiger partial charge < -0.3 is 40.1 Å². The molecule has 1 saturated heterocycles. The Balaban J connectivity index is 1.42. The summed E-state index contributed by atoms with van der Waals surface area (Å²) in [6.07, 6.45) is -8.18. The van der Waals surface area contributed by atoms with Crippen molar-refractivity contribution in [3.8, 4) is 11.5 Å². The summed E-state index contributed by atoms with van der Waals surface area (Å²) in [4.78, 5) is 49.5. The lowest BCUT2D eigenvalue weighted by Crippen LogP contribution is -3.09. The lowest BCUT2D eigenvalue weighted by Gasteiger charge is -2.40. The molecule has 3 aliphatic heterocycles. The maximum atomic E-state index is 14.0. The molecule has 9 N–H and O–H groups in total. The van der Waals surface area contributed by atoms with Crippen LogP contribution in [0.4, 0.5) is 5.69 Å². The van der Waals surface area contributed by atoms with Gasteiger partial charge in [0.15, 0.2) is 29.7 Å². The van der Waals surface area contributed by atoms with E-state index in [-0.39, 0.29) is 77.2 Å². The average molecular weight is 701 g/mol. The highest BCUT2D eigenvalue weighted by molar-refractivity contribution is 6.68. The number of benzene rings is 3. The van der Waals surface area contributed by atoms with E-state index >= 15 is 0 Å². The van der Waals surface area contributed by atoms with Crippen LogP contribution in [0.25, 0.3) is 0 Å². The Morgan fingerprint density at radius 2 is 1.65 bits per heavy atom. The lowest BCUT2D eigenvalue weighted by atomic mass is 9.78. The van der Waals surface area contributed by atoms with Crippen LogP contribution >= 0.6 is 0 Å². The number of aliphatic imine (C=N–C) groups is 2. The number of nitrogens with zero attached hydrogens (tertiary/aromatic N) is 2. The number of fused-ring (bicyclic) bond motifs is 3. The highest BCUT2D eigenvalue weighted by Gasteiger charge is 2.47. The maximum absolute atomic E-state index is 14.0. The molecular formula is C35H34N5O11+. The third-order valence-corrected chi connectivity index (χ3v) is 9.52. The molecule has 7 unspecified atom stereocenters. The molecule has 16 heteroatoms. The molecule has 0 spiro atoms. The van der Waals surface area contributed by atoms with E-state index in [1.807, 2.05) is 0 Å². The molecule has 0 bridgehead atoms. The number of phenols is 1. The fourth-order valence-corrected chi connectivity index (χ4v) is 7.02. The number of nitrogens with one attached hydrogen (secondary N) is 3. The summed E-state index contributed by atoms with van der Waals surface area (Å²) < 4.78 is 11.7. The van der Waals surface area contributed by atoms with Crippen LogP contribution in [0.2, 0.25) is 0 Å². The highest BCUT2D eigenvalue weighted by atomic mass is 16.7. The van der Waals surface area contributed by atoms with Crippen molar-refractivity contribution >= 4 is 40.7 Å². The summed E-state index contributed by atoms with van der Waals surface area (Å²) in [5.74, 6) is -3.90. The number of rotatable bonds is 9. The Labute approximate surface area is 289 Å². The number of phenolic OH excluding ortho intramolecular Hbond substituents is 1. The number of aromatic hydroxyl groups is 1. The number of quaternary nitrogens is 1. The molecule has 0 saturated carbocycles. The lowest BCUT2D eigenvalue weighted by molar-refractivity contribution is -0.723. The summed E-state index contributed by atoms with van der Waals surface area (Å²) in [5.41, 5.74) is 1.01. The molecular weight excluding hydrogens is 666 g/mol. The van der Waals surface area contributed by atoms with E-state index in [1.54, 1.807) is 36.4 Å². The molecule has 3 aromatic carbocycles. The first-order valence-corrected chi connectivity index (χ1v) is 16.2. The van der Waals surface area contributed by atoms with Gasteiger partial charge in [-0.05, 0) is 25.0 Å². The zero-order valence-electron chi connectivity index (χ0n) is 26.8. The quantitative estimate of drug-likeness (QED) is 0.0986. The Morgan fingerprint density at radius 3 is 2.37 bits per heavy atom. The van der Waals surface area contributed by atoms with E-state index in [9.17, 15) is 45.0 Å². The van der Waals surface area contributed by atoms with Crippen molar-refractivity contribution in [2.45, 2.75) is 49.5 Å². The van der Waals surface area contributed by atoms with Crippen molar-refractivity contribution in [2.24, 2.45) is 9.98 Å². The van der Waals surface area contributed by atoms with Gasteiger partial charge in [0, 0.05) is 40.3 Å². The van der Waals surface area contributed by atoms with Gasteiger partial charge in [-0.1, -0.05) is 42.5 Å². The second-order valence-corrected chi connectivity index (χ2v) is 12.5. The van der Waals surface area contributed by atoms with Crippen molar-refractivity contribution in [1.82, 2.24) is 5.32 Å². The van der Waals surface area contributed by atoms with E-state index < -0.39 is 66.5 Å².